The van der Waals surface area contributed by atoms with Gasteiger partial charge in [-0.25, -0.2) is 9.59 Å². The van der Waals surface area contributed by atoms with Gasteiger partial charge < -0.3 is 40.2 Å². The van der Waals surface area contributed by atoms with Crippen LogP contribution in [0.1, 0.15) is 39.5 Å². The topological polar surface area (TPSA) is 187 Å². The Morgan fingerprint density at radius 2 is 1.16 bits per heavy atom. The second-order valence-corrected chi connectivity index (χ2v) is 10.4. The number of amides is 4. The Labute approximate surface area is 255 Å². The maximum Gasteiger partial charge on any atom is 0.328 e. The van der Waals surface area contributed by atoms with Crippen molar-refractivity contribution in [2.45, 2.75) is 58.2 Å². The van der Waals surface area contributed by atoms with E-state index in [1.165, 1.54) is 27.7 Å². The first kappa shape index (κ1) is 35.6. The number of nitrogens with one attached hydrogen (secondary N) is 4. The molecule has 1 aliphatic rings. The van der Waals surface area contributed by atoms with Crippen molar-refractivity contribution in [2.75, 3.05) is 26.4 Å². The van der Waals surface area contributed by atoms with Crippen molar-refractivity contribution in [3.8, 4) is 0 Å². The molecule has 14 nitrogen and oxygen atoms in total. The molecule has 0 unspecified atom stereocenters. The average Bonchev–Trinajstić information content (AvgIpc) is 3.02. The first-order valence-electron chi connectivity index (χ1n) is 13.9. The maximum absolute atomic E-state index is 12.8. The summed E-state index contributed by atoms with van der Waals surface area (Å²) >= 11 is 0. The molecule has 14 heteroatoms. The second-order valence-electron chi connectivity index (χ2n) is 10.4. The van der Waals surface area contributed by atoms with Crippen molar-refractivity contribution in [1.82, 2.24) is 21.3 Å². The zero-order chi connectivity index (χ0) is 32.9. The molecule has 1 aromatic rings. The first-order chi connectivity index (χ1) is 20.8. The monoisotopic (exact) mass is 616 g/mol. The van der Waals surface area contributed by atoms with Gasteiger partial charge in [0.05, 0.1) is 18.6 Å². The number of benzene rings is 1. The highest BCUT2D eigenvalue weighted by Crippen LogP contribution is 2.33. The third-order valence-electron chi connectivity index (χ3n) is 6.49. The number of esters is 2. The van der Waals surface area contributed by atoms with E-state index in [1.54, 1.807) is 0 Å². The fraction of sp³-hybridized carbons (Fsp3) is 0.467. The standard InChI is InChI=1S/C30H40N4O10/c1-7-23(35)31-18(3)25(37)33-20(5)27(39)41-14-30(16-43-29(44-17-30)22-12-10-9-11-13-22)15-42-28(40)21(6)34-26(38)19(4)32-24(36)8-2/h7-13,18-21,29H,1-2,14-17H2,3-6H3,(H,31,35)(H,32,36)(H,33,37)(H,34,38)/t18-,19-,20-,21-/m0/s1. The lowest BCUT2D eigenvalue weighted by Crippen LogP contribution is -2.52. The van der Waals surface area contributed by atoms with Crippen LogP contribution in [-0.2, 0) is 47.7 Å². The van der Waals surface area contributed by atoms with Gasteiger partial charge in [0.2, 0.25) is 23.6 Å². The molecule has 1 saturated heterocycles. The summed E-state index contributed by atoms with van der Waals surface area (Å²) in [7, 11) is 0. The number of carbonyl (C=O) groups excluding carboxylic acids is 6. The first-order valence-corrected chi connectivity index (χ1v) is 13.9. The molecule has 1 heterocycles. The SMILES string of the molecule is C=CC(=O)N[C@@H](C)C(=O)N[C@@H](C)C(=O)OCC1(COC(=O)[C@H](C)NC(=O)[C@H](C)NC(=O)C=C)COC(c2ccccc2)OC1. The molecular formula is C30H40N4O10. The molecule has 0 aliphatic carbocycles. The molecule has 1 aliphatic heterocycles. The summed E-state index contributed by atoms with van der Waals surface area (Å²) in [4.78, 5) is 73.2. The van der Waals surface area contributed by atoms with Gasteiger partial charge in [0.25, 0.3) is 0 Å². The highest BCUT2D eigenvalue weighted by molar-refractivity contribution is 5.94. The third kappa shape index (κ3) is 10.9. The lowest BCUT2D eigenvalue weighted by Gasteiger charge is -2.39. The van der Waals surface area contributed by atoms with E-state index in [4.69, 9.17) is 18.9 Å². The second kappa shape index (κ2) is 16.9. The molecule has 4 N–H and O–H groups in total. The maximum atomic E-state index is 12.8. The molecule has 1 aromatic carbocycles. The van der Waals surface area contributed by atoms with Crippen LogP contribution in [0.25, 0.3) is 0 Å². The largest absolute Gasteiger partial charge is 0.463 e. The zero-order valence-electron chi connectivity index (χ0n) is 25.3. The fourth-order valence-corrected chi connectivity index (χ4v) is 3.77. The Bertz CT molecular complexity index is 1150. The fourth-order valence-electron chi connectivity index (χ4n) is 3.77. The van der Waals surface area contributed by atoms with E-state index < -0.39 is 71.4 Å². The minimum absolute atomic E-state index is 0.0240. The van der Waals surface area contributed by atoms with E-state index in [9.17, 15) is 28.8 Å². The van der Waals surface area contributed by atoms with Crippen molar-refractivity contribution in [3.63, 3.8) is 0 Å². The van der Waals surface area contributed by atoms with Crippen molar-refractivity contribution in [2.24, 2.45) is 5.41 Å². The molecule has 4 atom stereocenters. The molecule has 0 spiro atoms. The molecule has 4 amide bonds. The highest BCUT2D eigenvalue weighted by Gasteiger charge is 2.41. The Kier molecular flexibility index (Phi) is 13.7. The van der Waals surface area contributed by atoms with Crippen molar-refractivity contribution < 1.29 is 47.7 Å². The highest BCUT2D eigenvalue weighted by atomic mass is 16.7. The summed E-state index contributed by atoms with van der Waals surface area (Å²) in [5, 5.41) is 9.72. The van der Waals surface area contributed by atoms with Crippen molar-refractivity contribution in [3.05, 3.63) is 61.2 Å². The van der Waals surface area contributed by atoms with E-state index in [2.05, 4.69) is 34.4 Å². The van der Waals surface area contributed by atoms with Crippen LogP contribution in [0.2, 0.25) is 0 Å². The van der Waals surface area contributed by atoms with Crippen LogP contribution in [0.4, 0.5) is 0 Å². The summed E-state index contributed by atoms with van der Waals surface area (Å²) in [6, 6.07) is 5.13. The summed E-state index contributed by atoms with van der Waals surface area (Å²) in [5.41, 5.74) is -0.362. The number of hydrogen-bond acceptors (Lipinski definition) is 10. The molecule has 2 rings (SSSR count). The Balaban J connectivity index is 2.04. The van der Waals surface area contributed by atoms with Crippen LogP contribution >= 0.6 is 0 Å². The van der Waals surface area contributed by atoms with Crippen LogP contribution in [-0.4, -0.2) is 86.2 Å². The smallest absolute Gasteiger partial charge is 0.328 e. The van der Waals surface area contributed by atoms with Gasteiger partial charge >= 0.3 is 11.9 Å². The molecule has 0 saturated carbocycles. The normalized spacial score (nSPS) is 16.9. The van der Waals surface area contributed by atoms with Crippen LogP contribution in [0.5, 0.6) is 0 Å². The summed E-state index contributed by atoms with van der Waals surface area (Å²) < 4.78 is 22.8. The third-order valence-corrected chi connectivity index (χ3v) is 6.49. The lowest BCUT2D eigenvalue weighted by atomic mass is 9.91. The van der Waals surface area contributed by atoms with E-state index in [-0.39, 0.29) is 26.4 Å². The number of ether oxygens (including phenoxy) is 4. The zero-order valence-corrected chi connectivity index (χ0v) is 25.3. The van der Waals surface area contributed by atoms with E-state index >= 15 is 0 Å². The van der Waals surface area contributed by atoms with E-state index in [0.717, 1.165) is 17.7 Å². The number of hydrogen-bond donors (Lipinski definition) is 4. The quantitative estimate of drug-likeness (QED) is 0.157. The van der Waals surface area contributed by atoms with Crippen LogP contribution in [0.15, 0.2) is 55.6 Å². The Hall–Kier alpha value is -4.56. The van der Waals surface area contributed by atoms with Gasteiger partial charge in [-0.1, -0.05) is 43.5 Å². The Morgan fingerprint density at radius 1 is 0.750 bits per heavy atom. The predicted molar refractivity (Wildman–Crippen MR) is 156 cm³/mol. The van der Waals surface area contributed by atoms with E-state index in [1.807, 2.05) is 30.3 Å². The summed E-state index contributed by atoms with van der Waals surface area (Å²) in [6.45, 7) is 11.7. The molecular weight excluding hydrogens is 576 g/mol. The van der Waals surface area contributed by atoms with Gasteiger partial charge in [0, 0.05) is 5.56 Å². The number of rotatable bonds is 15. The van der Waals surface area contributed by atoms with Gasteiger partial charge in [-0.3, -0.25) is 19.2 Å². The van der Waals surface area contributed by atoms with Gasteiger partial charge in [-0.2, -0.15) is 0 Å². The van der Waals surface area contributed by atoms with Gasteiger partial charge in [-0.05, 0) is 39.8 Å². The molecule has 44 heavy (non-hydrogen) atoms. The molecule has 0 radical (unpaired) electrons. The minimum Gasteiger partial charge on any atom is -0.463 e. The minimum atomic E-state index is -1.12. The summed E-state index contributed by atoms with van der Waals surface area (Å²) in [5.74, 6) is -3.89. The van der Waals surface area contributed by atoms with Crippen molar-refractivity contribution in [1.29, 1.82) is 0 Å². The Morgan fingerprint density at radius 3 is 1.55 bits per heavy atom. The lowest BCUT2D eigenvalue weighted by molar-refractivity contribution is -0.252. The van der Waals surface area contributed by atoms with Crippen LogP contribution < -0.4 is 21.3 Å². The molecule has 240 valence electrons. The summed E-state index contributed by atoms with van der Waals surface area (Å²) in [6.07, 6.45) is 1.33. The average molecular weight is 617 g/mol. The molecule has 0 bridgehead atoms. The predicted octanol–water partition coefficient (Wildman–Crippen LogP) is 0.196. The van der Waals surface area contributed by atoms with Gasteiger partial charge in [0.15, 0.2) is 6.29 Å². The molecule has 1 fully saturated rings. The number of carbonyl (C=O) groups is 6. The van der Waals surface area contributed by atoms with Crippen LogP contribution in [0.3, 0.4) is 0 Å². The molecule has 0 aromatic heterocycles. The van der Waals surface area contributed by atoms with Gasteiger partial charge in [0.1, 0.15) is 37.4 Å². The van der Waals surface area contributed by atoms with Crippen LogP contribution in [0, 0.1) is 5.41 Å². The van der Waals surface area contributed by atoms with Gasteiger partial charge in [-0.15, -0.1) is 0 Å². The van der Waals surface area contributed by atoms with Crippen molar-refractivity contribution >= 4 is 35.6 Å². The van der Waals surface area contributed by atoms with E-state index in [0.29, 0.717) is 0 Å².